The number of halogens is 3. The van der Waals surface area contributed by atoms with Crippen molar-refractivity contribution < 1.29 is 22.3 Å². The van der Waals surface area contributed by atoms with Crippen molar-refractivity contribution in [2.24, 2.45) is 5.92 Å². The molecule has 6 nitrogen and oxygen atoms in total. The fraction of sp³-hybridized carbons (Fsp3) is 0.480. The van der Waals surface area contributed by atoms with Gasteiger partial charge >= 0.3 is 0 Å². The summed E-state index contributed by atoms with van der Waals surface area (Å²) < 4.78 is 46.2. The molecule has 1 heterocycles. The Morgan fingerprint density at radius 2 is 1.86 bits per heavy atom. The molecule has 0 radical (unpaired) electrons. The van der Waals surface area contributed by atoms with Gasteiger partial charge in [-0.2, -0.15) is 0 Å². The minimum Gasteiger partial charge on any atom is -0.493 e. The molecule has 2 fully saturated rings. The van der Waals surface area contributed by atoms with E-state index in [9.17, 15) is 17.6 Å². The van der Waals surface area contributed by atoms with Crippen LogP contribution in [0.4, 0.5) is 4.39 Å². The first-order valence-corrected chi connectivity index (χ1v) is 14.2. The van der Waals surface area contributed by atoms with Crippen molar-refractivity contribution in [3.05, 3.63) is 62.9 Å². The lowest BCUT2D eigenvalue weighted by molar-refractivity contribution is 0.0977. The number of hydrogen-bond acceptors (Lipinski definition) is 5. The van der Waals surface area contributed by atoms with Crippen LogP contribution < -0.4 is 9.46 Å². The van der Waals surface area contributed by atoms with Crippen LogP contribution in [0.5, 0.6) is 5.75 Å². The van der Waals surface area contributed by atoms with E-state index < -0.39 is 21.7 Å². The van der Waals surface area contributed by atoms with Crippen LogP contribution in [-0.2, 0) is 16.6 Å². The molecular weight excluding hydrogens is 514 g/mol. The largest absolute Gasteiger partial charge is 0.493 e. The van der Waals surface area contributed by atoms with E-state index in [0.717, 1.165) is 56.4 Å². The lowest BCUT2D eigenvalue weighted by atomic mass is 9.97. The molecule has 0 bridgehead atoms. The van der Waals surface area contributed by atoms with Gasteiger partial charge in [-0.25, -0.2) is 17.5 Å². The molecule has 1 saturated heterocycles. The molecule has 2 aromatic carbocycles. The summed E-state index contributed by atoms with van der Waals surface area (Å²) in [5.74, 6) is -1.03. The maximum atomic E-state index is 14.8. The second kappa shape index (κ2) is 11.0. The van der Waals surface area contributed by atoms with Gasteiger partial charge in [-0.15, -0.1) is 0 Å². The first kappa shape index (κ1) is 26.2. The van der Waals surface area contributed by atoms with Gasteiger partial charge in [0.05, 0.1) is 17.9 Å². The number of benzene rings is 2. The fourth-order valence-corrected chi connectivity index (χ4v) is 5.27. The summed E-state index contributed by atoms with van der Waals surface area (Å²) in [5.41, 5.74) is 1.54. The Bertz CT molecular complexity index is 1200. The Balaban J connectivity index is 1.36. The van der Waals surface area contributed by atoms with E-state index in [1.165, 1.54) is 19.1 Å². The summed E-state index contributed by atoms with van der Waals surface area (Å²) in [6, 6.07) is 8.22. The summed E-state index contributed by atoms with van der Waals surface area (Å²) in [6.07, 6.45) is 3.76. The van der Waals surface area contributed by atoms with Gasteiger partial charge in [-0.1, -0.05) is 29.3 Å². The first-order chi connectivity index (χ1) is 16.6. The van der Waals surface area contributed by atoms with Gasteiger partial charge in [0.1, 0.15) is 11.6 Å². The Hall–Kier alpha value is -1.87. The minimum absolute atomic E-state index is 0.200. The fourth-order valence-electron chi connectivity index (χ4n) is 4.26. The van der Waals surface area contributed by atoms with Gasteiger partial charge in [-0.3, -0.25) is 9.69 Å². The molecule has 190 valence electrons. The monoisotopic (exact) mass is 542 g/mol. The summed E-state index contributed by atoms with van der Waals surface area (Å²) in [7, 11) is -3.78. The lowest BCUT2D eigenvalue weighted by Crippen LogP contribution is -2.35. The molecule has 0 unspecified atom stereocenters. The van der Waals surface area contributed by atoms with Crippen molar-refractivity contribution in [3.63, 3.8) is 0 Å². The smallest absolute Gasteiger partial charge is 0.267 e. The van der Waals surface area contributed by atoms with Crippen molar-refractivity contribution in [2.45, 2.75) is 45.1 Å². The first-order valence-electron chi connectivity index (χ1n) is 11.8. The van der Waals surface area contributed by atoms with Crippen LogP contribution in [-0.4, -0.2) is 44.7 Å². The number of carbonyl (C=O) groups is 1. The topological polar surface area (TPSA) is 75.7 Å². The zero-order chi connectivity index (χ0) is 25.2. The van der Waals surface area contributed by atoms with E-state index in [2.05, 4.69) is 4.90 Å². The number of carbonyl (C=O) groups excluding carboxylic acids is 1. The van der Waals surface area contributed by atoms with E-state index in [1.54, 1.807) is 6.07 Å². The zero-order valence-electron chi connectivity index (χ0n) is 19.5. The molecule has 35 heavy (non-hydrogen) atoms. The number of ether oxygens (including phenoxy) is 1. The highest BCUT2D eigenvalue weighted by Gasteiger charge is 2.30. The number of sulfonamides is 1. The van der Waals surface area contributed by atoms with E-state index in [1.807, 2.05) is 16.9 Å². The van der Waals surface area contributed by atoms with E-state index in [-0.39, 0.29) is 17.2 Å². The number of likely N-dealkylation sites (tertiary alicyclic amines) is 1. The molecule has 1 aliphatic heterocycles. The van der Waals surface area contributed by atoms with Crippen LogP contribution in [0.3, 0.4) is 0 Å². The van der Waals surface area contributed by atoms with Gasteiger partial charge in [0.15, 0.2) is 0 Å². The van der Waals surface area contributed by atoms with Gasteiger partial charge < -0.3 is 4.74 Å². The zero-order valence-corrected chi connectivity index (χ0v) is 21.9. The highest BCUT2D eigenvalue weighted by Crippen LogP contribution is 2.45. The number of piperidine rings is 1. The van der Waals surface area contributed by atoms with Crippen LogP contribution in [0, 0.1) is 11.7 Å². The maximum absolute atomic E-state index is 14.8. The predicted octanol–water partition coefficient (Wildman–Crippen LogP) is 5.38. The standard InChI is InChI=1S/C25H29Cl2FN2O4S/c1-2-35(32,33)29-25(31)21-12-20(17-3-4-17)24(13-23(21)28)34-15-16-7-9-30(10-8-16)14-18-5-6-19(26)11-22(18)27/h5-6,11-13,16-17H,2-4,7-10,14-15H2,1H3,(H,29,31). The predicted molar refractivity (Wildman–Crippen MR) is 135 cm³/mol. The van der Waals surface area contributed by atoms with Gasteiger partial charge in [0.2, 0.25) is 10.0 Å². The average Bonchev–Trinajstić information content (AvgIpc) is 3.65. The third-order valence-corrected chi connectivity index (χ3v) is 8.42. The molecular formula is C25H29Cl2FN2O4S. The molecule has 0 spiro atoms. The van der Waals surface area contributed by atoms with Crippen LogP contribution in [0.1, 0.15) is 60.0 Å². The molecule has 1 amide bonds. The average molecular weight is 543 g/mol. The molecule has 1 N–H and O–H groups in total. The summed E-state index contributed by atoms with van der Waals surface area (Å²) in [5, 5.41) is 1.29. The lowest BCUT2D eigenvalue weighted by Gasteiger charge is -2.32. The maximum Gasteiger partial charge on any atom is 0.267 e. The highest BCUT2D eigenvalue weighted by atomic mass is 35.5. The Kier molecular flexibility index (Phi) is 8.26. The SMILES string of the molecule is CCS(=O)(=O)NC(=O)c1cc(C2CC2)c(OCC2CCN(Cc3ccc(Cl)cc3Cl)CC2)cc1F. The molecule has 0 atom stereocenters. The molecule has 1 saturated carbocycles. The molecule has 4 rings (SSSR count). The van der Waals surface area contributed by atoms with Gasteiger partial charge in [0.25, 0.3) is 5.91 Å². The summed E-state index contributed by atoms with van der Waals surface area (Å²) >= 11 is 12.3. The van der Waals surface area contributed by atoms with Crippen molar-refractivity contribution in [1.82, 2.24) is 9.62 Å². The highest BCUT2D eigenvalue weighted by molar-refractivity contribution is 7.90. The molecule has 10 heteroatoms. The quantitative estimate of drug-likeness (QED) is 0.460. The second-order valence-electron chi connectivity index (χ2n) is 9.25. The number of hydrogen-bond donors (Lipinski definition) is 1. The van der Waals surface area contributed by atoms with Crippen LogP contribution >= 0.6 is 23.2 Å². The molecule has 2 aliphatic rings. The van der Waals surface area contributed by atoms with Crippen molar-refractivity contribution in [3.8, 4) is 5.75 Å². The van der Waals surface area contributed by atoms with Crippen molar-refractivity contribution in [1.29, 1.82) is 0 Å². The summed E-state index contributed by atoms with van der Waals surface area (Å²) in [4.78, 5) is 14.7. The minimum atomic E-state index is -3.78. The normalized spacial score (nSPS) is 17.4. The van der Waals surface area contributed by atoms with Gasteiger partial charge in [-0.05, 0) is 86.9 Å². The van der Waals surface area contributed by atoms with Gasteiger partial charge in [0, 0.05) is 22.7 Å². The molecule has 1 aliphatic carbocycles. The third-order valence-electron chi connectivity index (χ3n) is 6.58. The molecule has 2 aromatic rings. The van der Waals surface area contributed by atoms with Crippen molar-refractivity contribution in [2.75, 3.05) is 25.4 Å². The van der Waals surface area contributed by atoms with E-state index in [0.29, 0.717) is 28.3 Å². The van der Waals surface area contributed by atoms with E-state index >= 15 is 0 Å². The Morgan fingerprint density at radius 1 is 1.14 bits per heavy atom. The Morgan fingerprint density at radius 3 is 2.49 bits per heavy atom. The molecule has 0 aromatic heterocycles. The van der Waals surface area contributed by atoms with E-state index in [4.69, 9.17) is 27.9 Å². The third kappa shape index (κ3) is 6.88. The number of nitrogens with one attached hydrogen (secondary N) is 1. The second-order valence-corrected chi connectivity index (χ2v) is 12.1. The number of nitrogens with zero attached hydrogens (tertiary/aromatic N) is 1. The van der Waals surface area contributed by atoms with Crippen LogP contribution in [0.25, 0.3) is 0 Å². The van der Waals surface area contributed by atoms with Crippen LogP contribution in [0.15, 0.2) is 30.3 Å². The Labute approximate surface area is 215 Å². The summed E-state index contributed by atoms with van der Waals surface area (Å²) in [6.45, 7) is 4.45. The number of rotatable bonds is 9. The number of amides is 1. The van der Waals surface area contributed by atoms with Crippen molar-refractivity contribution >= 4 is 39.1 Å². The van der Waals surface area contributed by atoms with Crippen LogP contribution in [0.2, 0.25) is 10.0 Å².